The average Bonchev–Trinajstić information content (AvgIpc) is 3.46. The Morgan fingerprint density at radius 2 is 1.78 bits per heavy atom. The van der Waals surface area contributed by atoms with Crippen LogP contribution in [0.1, 0.15) is 70.0 Å². The lowest BCUT2D eigenvalue weighted by Gasteiger charge is -2.35. The number of pyridine rings is 2. The van der Waals surface area contributed by atoms with E-state index in [4.69, 9.17) is 9.47 Å². The van der Waals surface area contributed by atoms with E-state index in [1.807, 2.05) is 13.0 Å². The normalized spacial score (nSPS) is 18.0. The molecular weight excluding hydrogens is 492 g/mol. The highest BCUT2D eigenvalue weighted by molar-refractivity contribution is 5.98. The van der Waals surface area contributed by atoms with Crippen molar-refractivity contribution in [1.29, 1.82) is 0 Å². The number of ether oxygens (including phenoxy) is 2. The molecule has 11 heteroatoms. The van der Waals surface area contributed by atoms with E-state index in [0.717, 1.165) is 47.2 Å². The Bertz CT molecular complexity index is 1320. The number of hydrogen-bond acceptors (Lipinski definition) is 6. The SMILES string of the molecule is Cc1cc(CC(=O)c2cnn(-c3ncc(C(F)(F)F)cc3F)c2C)cnc1C1CCC2(CC1)OCCO2. The molecule has 1 aliphatic carbocycles. The number of nitrogens with zero attached hydrogens (tertiary/aromatic N) is 4. The van der Waals surface area contributed by atoms with E-state index >= 15 is 0 Å². The molecule has 1 spiro atoms. The van der Waals surface area contributed by atoms with Crippen molar-refractivity contribution in [3.63, 3.8) is 0 Å². The number of rotatable bonds is 5. The number of alkyl halides is 3. The van der Waals surface area contributed by atoms with Crippen molar-refractivity contribution in [3.05, 3.63) is 70.2 Å². The Balaban J connectivity index is 1.28. The summed E-state index contributed by atoms with van der Waals surface area (Å²) in [4.78, 5) is 21.3. The van der Waals surface area contributed by atoms with Gasteiger partial charge in [0.1, 0.15) is 0 Å². The van der Waals surface area contributed by atoms with Crippen molar-refractivity contribution in [2.45, 2.75) is 63.8 Å². The fraction of sp³-hybridized carbons (Fsp3) is 0.462. The van der Waals surface area contributed by atoms with Gasteiger partial charge in [-0.25, -0.2) is 14.1 Å². The molecule has 1 saturated heterocycles. The maximum atomic E-state index is 14.4. The van der Waals surface area contributed by atoms with Crippen LogP contribution in [0.2, 0.25) is 0 Å². The molecule has 0 N–H and O–H groups in total. The molecule has 3 aromatic rings. The zero-order chi connectivity index (χ0) is 26.4. The number of carbonyl (C=O) groups excluding carboxylic acids is 1. The smallest absolute Gasteiger partial charge is 0.348 e. The summed E-state index contributed by atoms with van der Waals surface area (Å²) in [5.41, 5.74) is 2.06. The minimum Gasteiger partial charge on any atom is -0.348 e. The van der Waals surface area contributed by atoms with Crippen molar-refractivity contribution < 1.29 is 31.8 Å². The van der Waals surface area contributed by atoms with Gasteiger partial charge >= 0.3 is 6.18 Å². The fourth-order valence-corrected chi connectivity index (χ4v) is 5.20. The first-order chi connectivity index (χ1) is 17.6. The molecule has 0 aromatic carbocycles. The molecule has 196 valence electrons. The van der Waals surface area contributed by atoms with Gasteiger partial charge in [-0.2, -0.15) is 18.3 Å². The molecule has 0 amide bonds. The van der Waals surface area contributed by atoms with Crippen LogP contribution in [0, 0.1) is 19.7 Å². The molecule has 5 rings (SSSR count). The van der Waals surface area contributed by atoms with Crippen LogP contribution in [0.15, 0.2) is 30.7 Å². The minimum absolute atomic E-state index is 0.0546. The molecule has 4 heterocycles. The van der Waals surface area contributed by atoms with Gasteiger partial charge in [-0.3, -0.25) is 9.78 Å². The lowest BCUT2D eigenvalue weighted by molar-refractivity contribution is -0.179. The number of halogens is 4. The molecule has 0 unspecified atom stereocenters. The number of hydrogen-bond donors (Lipinski definition) is 0. The molecule has 1 aliphatic heterocycles. The molecule has 2 fully saturated rings. The van der Waals surface area contributed by atoms with Gasteiger partial charge in [-0.15, -0.1) is 0 Å². The van der Waals surface area contributed by atoms with Gasteiger partial charge in [0.25, 0.3) is 0 Å². The van der Waals surface area contributed by atoms with Gasteiger partial charge in [-0.1, -0.05) is 6.07 Å². The highest BCUT2D eigenvalue weighted by Crippen LogP contribution is 2.42. The van der Waals surface area contributed by atoms with E-state index < -0.39 is 29.2 Å². The van der Waals surface area contributed by atoms with E-state index in [-0.39, 0.29) is 23.5 Å². The second kappa shape index (κ2) is 9.60. The van der Waals surface area contributed by atoms with Crippen molar-refractivity contribution in [2.24, 2.45) is 0 Å². The van der Waals surface area contributed by atoms with Gasteiger partial charge < -0.3 is 9.47 Å². The largest absolute Gasteiger partial charge is 0.417 e. The molecule has 2 aliphatic rings. The third-order valence-corrected chi connectivity index (χ3v) is 7.15. The van der Waals surface area contributed by atoms with Crippen LogP contribution in [0.5, 0.6) is 0 Å². The third kappa shape index (κ3) is 5.02. The van der Waals surface area contributed by atoms with E-state index in [1.54, 1.807) is 13.1 Å². The number of Topliss-reactive ketones (excluding diaryl/α,β-unsaturated/α-hetero) is 1. The van der Waals surface area contributed by atoms with Crippen LogP contribution in [0.4, 0.5) is 17.6 Å². The van der Waals surface area contributed by atoms with Crippen molar-refractivity contribution >= 4 is 5.78 Å². The van der Waals surface area contributed by atoms with Crippen LogP contribution < -0.4 is 0 Å². The maximum Gasteiger partial charge on any atom is 0.417 e. The highest BCUT2D eigenvalue weighted by Gasteiger charge is 2.41. The summed E-state index contributed by atoms with van der Waals surface area (Å²) >= 11 is 0. The standard InChI is InChI=1S/C26H26F4N4O3/c1-15-9-17(12-31-23(15)18-3-5-25(6-4-18)36-7-8-37-25)10-22(35)20-14-33-34(16(20)2)24-21(27)11-19(13-32-24)26(28,29)30/h9,11-14,18H,3-8,10H2,1-2H3. The molecular formula is C26H26F4N4O3. The number of carbonyl (C=O) groups is 1. The summed E-state index contributed by atoms with van der Waals surface area (Å²) in [5, 5.41) is 4.00. The van der Waals surface area contributed by atoms with Gasteiger partial charge in [-0.05, 0) is 43.9 Å². The summed E-state index contributed by atoms with van der Waals surface area (Å²) < 4.78 is 65.5. The summed E-state index contributed by atoms with van der Waals surface area (Å²) in [6.45, 7) is 4.79. The van der Waals surface area contributed by atoms with Crippen LogP contribution in [0.3, 0.4) is 0 Å². The monoisotopic (exact) mass is 518 g/mol. The third-order valence-electron chi connectivity index (χ3n) is 7.15. The van der Waals surface area contributed by atoms with Gasteiger partial charge in [0.05, 0.1) is 36.2 Å². The topological polar surface area (TPSA) is 79.1 Å². The fourth-order valence-electron chi connectivity index (χ4n) is 5.20. The summed E-state index contributed by atoms with van der Waals surface area (Å²) in [6.07, 6.45) is 2.34. The van der Waals surface area contributed by atoms with E-state index in [1.165, 1.54) is 6.20 Å². The average molecular weight is 519 g/mol. The first-order valence-corrected chi connectivity index (χ1v) is 12.1. The lowest BCUT2D eigenvalue weighted by atomic mass is 9.81. The quantitative estimate of drug-likeness (QED) is 0.339. The van der Waals surface area contributed by atoms with Crippen molar-refractivity contribution in [2.75, 3.05) is 13.2 Å². The first kappa shape index (κ1) is 25.5. The lowest BCUT2D eigenvalue weighted by Crippen LogP contribution is -2.34. The van der Waals surface area contributed by atoms with Gasteiger partial charge in [0, 0.05) is 43.3 Å². The summed E-state index contributed by atoms with van der Waals surface area (Å²) in [7, 11) is 0. The number of aromatic nitrogens is 4. The Morgan fingerprint density at radius 1 is 1.08 bits per heavy atom. The second-order valence-electron chi connectivity index (χ2n) is 9.61. The molecule has 0 bridgehead atoms. The first-order valence-electron chi connectivity index (χ1n) is 12.1. The Kier molecular flexibility index (Phi) is 6.61. The predicted octanol–water partition coefficient (Wildman–Crippen LogP) is 5.26. The highest BCUT2D eigenvalue weighted by atomic mass is 19.4. The van der Waals surface area contributed by atoms with Crippen molar-refractivity contribution in [1.82, 2.24) is 19.7 Å². The molecule has 0 radical (unpaired) electrons. The second-order valence-corrected chi connectivity index (χ2v) is 9.61. The van der Waals surface area contributed by atoms with E-state index in [9.17, 15) is 22.4 Å². The van der Waals surface area contributed by atoms with Crippen LogP contribution in [-0.2, 0) is 22.1 Å². The Morgan fingerprint density at radius 3 is 2.41 bits per heavy atom. The zero-order valence-electron chi connectivity index (χ0n) is 20.4. The van der Waals surface area contributed by atoms with Gasteiger partial charge in [0.2, 0.25) is 0 Å². The summed E-state index contributed by atoms with van der Waals surface area (Å²) in [5.74, 6) is -1.99. The number of ketones is 1. The molecule has 0 atom stereocenters. The molecule has 3 aromatic heterocycles. The Hall–Kier alpha value is -3.18. The minimum atomic E-state index is -4.72. The Labute approximate surface area is 210 Å². The van der Waals surface area contributed by atoms with Crippen molar-refractivity contribution in [3.8, 4) is 5.82 Å². The molecule has 37 heavy (non-hydrogen) atoms. The van der Waals surface area contributed by atoms with Gasteiger partial charge in [0.15, 0.2) is 23.2 Å². The predicted molar refractivity (Wildman–Crippen MR) is 124 cm³/mol. The van der Waals surface area contributed by atoms with E-state index in [0.29, 0.717) is 31.4 Å². The van der Waals surface area contributed by atoms with Crippen LogP contribution in [0.25, 0.3) is 5.82 Å². The summed E-state index contributed by atoms with van der Waals surface area (Å²) in [6, 6.07) is 2.31. The molecule has 7 nitrogen and oxygen atoms in total. The number of aryl methyl sites for hydroxylation is 1. The van der Waals surface area contributed by atoms with Crippen LogP contribution >= 0.6 is 0 Å². The molecule has 1 saturated carbocycles. The zero-order valence-corrected chi connectivity index (χ0v) is 20.4. The van der Waals surface area contributed by atoms with E-state index in [2.05, 4.69) is 15.1 Å². The maximum absolute atomic E-state index is 14.4. The van der Waals surface area contributed by atoms with Crippen LogP contribution in [-0.4, -0.2) is 44.5 Å².